The Morgan fingerprint density at radius 1 is 1.21 bits per heavy atom. The number of amides is 1. The van der Waals surface area contributed by atoms with Gasteiger partial charge in [-0.1, -0.05) is 0 Å². The summed E-state index contributed by atoms with van der Waals surface area (Å²) in [5.41, 5.74) is -1.14. The first-order valence-electron chi connectivity index (χ1n) is 9.44. The number of aromatic nitrogens is 2. The van der Waals surface area contributed by atoms with E-state index in [1.54, 1.807) is 0 Å². The summed E-state index contributed by atoms with van der Waals surface area (Å²) in [6.45, 7) is -0.383. The Labute approximate surface area is 159 Å². The Bertz CT molecular complexity index is 765. The zero-order chi connectivity index (χ0) is 19.9. The molecule has 0 radical (unpaired) electrons. The fourth-order valence-electron chi connectivity index (χ4n) is 5.46. The van der Waals surface area contributed by atoms with Crippen molar-refractivity contribution in [3.05, 3.63) is 16.6 Å². The van der Waals surface area contributed by atoms with Crippen LogP contribution in [0.25, 0.3) is 0 Å². The minimum absolute atomic E-state index is 0.177. The molecule has 1 amide bonds. The summed E-state index contributed by atoms with van der Waals surface area (Å²) in [6.07, 6.45) is 0.432. The van der Waals surface area contributed by atoms with E-state index in [1.165, 1.54) is 19.3 Å². The summed E-state index contributed by atoms with van der Waals surface area (Å²) >= 11 is 0. The largest absolute Gasteiger partial charge is 0.467 e. The maximum Gasteiger partial charge on any atom is 0.351 e. The molecule has 2 N–H and O–H groups in total. The van der Waals surface area contributed by atoms with Crippen LogP contribution in [0.3, 0.4) is 0 Å². The number of carbonyl (C=O) groups is 1. The second-order valence-corrected chi connectivity index (χ2v) is 8.23. The standard InChI is InChI=1S/C18H22F3N3O4/c19-15(20)16(21)28-14-4-13(22-17(26)23-14)27-8-12(25)24-18-5-9-1-10(6-18)3-11(2-9)7-18/h4,9-11,15-16H,1-3,5-8H2,(H,24,25)(H,22,23,26). The zero-order valence-corrected chi connectivity index (χ0v) is 15.1. The van der Waals surface area contributed by atoms with E-state index in [-0.39, 0.29) is 23.9 Å². The van der Waals surface area contributed by atoms with Gasteiger partial charge in [0.15, 0.2) is 6.61 Å². The smallest absolute Gasteiger partial charge is 0.351 e. The molecule has 1 heterocycles. The molecular formula is C18H22F3N3O4. The van der Waals surface area contributed by atoms with Gasteiger partial charge in [0.2, 0.25) is 11.8 Å². The quantitative estimate of drug-likeness (QED) is 0.731. The van der Waals surface area contributed by atoms with Gasteiger partial charge in [0, 0.05) is 5.54 Å². The van der Waals surface area contributed by atoms with E-state index < -0.39 is 24.4 Å². The van der Waals surface area contributed by atoms with Crippen LogP contribution in [0, 0.1) is 17.8 Å². The van der Waals surface area contributed by atoms with Gasteiger partial charge < -0.3 is 14.8 Å². The summed E-state index contributed by atoms with van der Waals surface area (Å²) in [6, 6.07) is 0.953. The van der Waals surface area contributed by atoms with Crippen LogP contribution in [-0.4, -0.2) is 40.8 Å². The Morgan fingerprint density at radius 3 is 2.39 bits per heavy atom. The molecule has 4 aliphatic rings. The molecule has 1 unspecified atom stereocenters. The van der Waals surface area contributed by atoms with Crippen molar-refractivity contribution in [2.75, 3.05) is 6.61 Å². The molecule has 4 aliphatic carbocycles. The molecule has 7 nitrogen and oxygen atoms in total. The topological polar surface area (TPSA) is 93.3 Å². The fraction of sp³-hybridized carbons (Fsp3) is 0.722. The van der Waals surface area contributed by atoms with Gasteiger partial charge in [-0.3, -0.25) is 9.78 Å². The number of aromatic amines is 1. The Hall–Kier alpha value is -2.26. The van der Waals surface area contributed by atoms with Gasteiger partial charge in [0.1, 0.15) is 0 Å². The van der Waals surface area contributed by atoms with Crippen molar-refractivity contribution in [3.8, 4) is 11.8 Å². The SMILES string of the molecule is O=C(COc1cc(OC(F)C(F)F)[nH]c(=O)n1)NC12CC3CC(CC(C3)C1)C2. The van der Waals surface area contributed by atoms with Gasteiger partial charge in [-0.05, 0) is 56.3 Å². The van der Waals surface area contributed by atoms with E-state index in [1.807, 2.05) is 4.98 Å². The minimum Gasteiger partial charge on any atom is -0.467 e. The normalized spacial score (nSPS) is 31.6. The lowest BCUT2D eigenvalue weighted by atomic mass is 9.53. The molecule has 28 heavy (non-hydrogen) atoms. The lowest BCUT2D eigenvalue weighted by Gasteiger charge is -2.56. The number of H-pyrrole nitrogens is 1. The lowest BCUT2D eigenvalue weighted by molar-refractivity contribution is -0.129. The Balaban J connectivity index is 1.35. The van der Waals surface area contributed by atoms with Crippen molar-refractivity contribution in [3.63, 3.8) is 0 Å². The van der Waals surface area contributed by atoms with Crippen LogP contribution < -0.4 is 20.5 Å². The summed E-state index contributed by atoms with van der Waals surface area (Å²) in [5.74, 6) is 0.827. The fourth-order valence-corrected chi connectivity index (χ4v) is 5.46. The maximum atomic E-state index is 13.0. The highest BCUT2D eigenvalue weighted by Gasteiger charge is 2.51. The molecule has 4 saturated carbocycles. The van der Waals surface area contributed by atoms with Crippen molar-refractivity contribution in [1.82, 2.24) is 15.3 Å². The van der Waals surface area contributed by atoms with Crippen LogP contribution in [0.4, 0.5) is 13.2 Å². The molecule has 5 rings (SSSR count). The summed E-state index contributed by atoms with van der Waals surface area (Å²) in [5, 5.41) is 3.10. The molecule has 1 aromatic heterocycles. The average molecular weight is 401 g/mol. The molecule has 154 valence electrons. The molecule has 1 aromatic rings. The average Bonchev–Trinajstić information content (AvgIpc) is 2.57. The third-order valence-electron chi connectivity index (χ3n) is 5.93. The second kappa shape index (κ2) is 7.29. The highest BCUT2D eigenvalue weighted by Crippen LogP contribution is 2.55. The van der Waals surface area contributed by atoms with Gasteiger partial charge in [-0.15, -0.1) is 0 Å². The van der Waals surface area contributed by atoms with E-state index in [0.29, 0.717) is 17.8 Å². The first-order valence-corrected chi connectivity index (χ1v) is 9.44. The number of hydrogen-bond donors (Lipinski definition) is 2. The molecule has 10 heteroatoms. The van der Waals surface area contributed by atoms with Gasteiger partial charge >= 0.3 is 12.1 Å². The number of ether oxygens (including phenoxy) is 2. The van der Waals surface area contributed by atoms with Crippen LogP contribution in [0.2, 0.25) is 0 Å². The van der Waals surface area contributed by atoms with Crippen molar-refractivity contribution in [2.45, 2.75) is 56.8 Å². The number of hydrogen-bond acceptors (Lipinski definition) is 5. The predicted octanol–water partition coefficient (Wildman–Crippen LogP) is 2.17. The summed E-state index contributed by atoms with van der Waals surface area (Å²) in [4.78, 5) is 29.3. The molecule has 0 aliphatic heterocycles. The lowest BCUT2D eigenvalue weighted by Crippen LogP contribution is -2.60. The predicted molar refractivity (Wildman–Crippen MR) is 90.9 cm³/mol. The van der Waals surface area contributed by atoms with Gasteiger partial charge in [0.05, 0.1) is 6.07 Å². The first kappa shape index (κ1) is 19.1. The third kappa shape index (κ3) is 4.10. The summed E-state index contributed by atoms with van der Waals surface area (Å²) in [7, 11) is 0. The van der Waals surface area contributed by atoms with Crippen molar-refractivity contribution >= 4 is 5.91 Å². The molecule has 1 atom stereocenters. The van der Waals surface area contributed by atoms with Gasteiger partial charge in [-0.25, -0.2) is 13.6 Å². The highest BCUT2D eigenvalue weighted by molar-refractivity contribution is 5.78. The minimum atomic E-state index is -3.37. The second-order valence-electron chi connectivity index (χ2n) is 8.23. The van der Waals surface area contributed by atoms with Crippen LogP contribution in [-0.2, 0) is 4.79 Å². The van der Waals surface area contributed by atoms with Gasteiger partial charge in [0.25, 0.3) is 12.3 Å². The van der Waals surface area contributed by atoms with Gasteiger partial charge in [-0.2, -0.15) is 9.37 Å². The number of rotatable bonds is 7. The van der Waals surface area contributed by atoms with Crippen LogP contribution in [0.15, 0.2) is 10.9 Å². The van der Waals surface area contributed by atoms with Crippen LogP contribution in [0.5, 0.6) is 11.8 Å². The number of nitrogens with zero attached hydrogens (tertiary/aromatic N) is 1. The number of carbonyl (C=O) groups excluding carboxylic acids is 1. The number of nitrogens with one attached hydrogen (secondary N) is 2. The van der Waals surface area contributed by atoms with E-state index in [4.69, 9.17) is 4.74 Å². The summed E-state index contributed by atoms with van der Waals surface area (Å²) < 4.78 is 47.0. The highest BCUT2D eigenvalue weighted by atomic mass is 19.3. The van der Waals surface area contributed by atoms with E-state index in [0.717, 1.165) is 25.3 Å². The Kier molecular flexibility index (Phi) is 4.96. The monoisotopic (exact) mass is 401 g/mol. The zero-order valence-electron chi connectivity index (χ0n) is 15.1. The molecular weight excluding hydrogens is 379 g/mol. The van der Waals surface area contributed by atoms with Crippen LogP contribution >= 0.6 is 0 Å². The molecule has 0 saturated heterocycles. The Morgan fingerprint density at radius 2 is 1.82 bits per heavy atom. The van der Waals surface area contributed by atoms with E-state index in [2.05, 4.69) is 15.0 Å². The van der Waals surface area contributed by atoms with Crippen molar-refractivity contribution in [2.24, 2.45) is 17.8 Å². The van der Waals surface area contributed by atoms with E-state index in [9.17, 15) is 22.8 Å². The van der Waals surface area contributed by atoms with Crippen molar-refractivity contribution in [1.29, 1.82) is 0 Å². The molecule has 0 aromatic carbocycles. The van der Waals surface area contributed by atoms with Crippen molar-refractivity contribution < 1.29 is 27.4 Å². The number of alkyl halides is 3. The number of halogens is 3. The molecule has 4 fully saturated rings. The third-order valence-corrected chi connectivity index (χ3v) is 5.93. The molecule has 0 spiro atoms. The van der Waals surface area contributed by atoms with Crippen LogP contribution in [0.1, 0.15) is 38.5 Å². The maximum absolute atomic E-state index is 13.0. The van der Waals surface area contributed by atoms with E-state index >= 15 is 0 Å². The first-order chi connectivity index (χ1) is 13.3. The molecule has 4 bridgehead atoms.